The Bertz CT molecular complexity index is 495. The lowest BCUT2D eigenvalue weighted by atomic mass is 10.1. The van der Waals surface area contributed by atoms with Crippen molar-refractivity contribution in [2.45, 2.75) is 25.3 Å². The molecule has 1 rings (SSSR count). The normalized spacial score (nSPS) is 15.1. The van der Waals surface area contributed by atoms with E-state index in [0.29, 0.717) is 0 Å². The lowest BCUT2D eigenvalue weighted by molar-refractivity contribution is -0.139. The SMILES string of the molecule is NC(=O)[C@@H](CCC(=O)O)NC(=O)CCN1C(=O)C=CC1=O. The maximum Gasteiger partial charge on any atom is 0.303 e. The molecule has 0 aromatic carbocycles. The van der Waals surface area contributed by atoms with E-state index in [4.69, 9.17) is 10.8 Å². The van der Waals surface area contributed by atoms with Gasteiger partial charge in [0.05, 0.1) is 0 Å². The Morgan fingerprint density at radius 2 is 1.76 bits per heavy atom. The highest BCUT2D eigenvalue weighted by molar-refractivity contribution is 6.13. The molecule has 1 aliphatic rings. The van der Waals surface area contributed by atoms with Gasteiger partial charge in [0.15, 0.2) is 0 Å². The quantitative estimate of drug-likeness (QED) is 0.447. The first kappa shape index (κ1) is 16.3. The standard InChI is InChI=1S/C12H15N3O6/c13-12(21)7(1-4-11(19)20)14-8(16)5-6-15-9(17)2-3-10(15)18/h2-3,7H,1,4-6H2,(H2,13,21)(H,14,16)(H,19,20)/t7-/m1/s1. The molecule has 0 aromatic rings. The zero-order chi connectivity index (χ0) is 16.0. The van der Waals surface area contributed by atoms with Crippen molar-refractivity contribution in [1.29, 1.82) is 0 Å². The predicted molar refractivity (Wildman–Crippen MR) is 68.5 cm³/mol. The van der Waals surface area contributed by atoms with Gasteiger partial charge in [0.2, 0.25) is 11.8 Å². The Labute approximate surface area is 119 Å². The molecule has 0 bridgehead atoms. The third-order valence-corrected chi connectivity index (χ3v) is 2.79. The van der Waals surface area contributed by atoms with Gasteiger partial charge in [-0.05, 0) is 6.42 Å². The van der Waals surface area contributed by atoms with Crippen molar-refractivity contribution < 1.29 is 29.1 Å². The minimum atomic E-state index is -1.12. The van der Waals surface area contributed by atoms with Crippen LogP contribution in [-0.2, 0) is 24.0 Å². The number of rotatable bonds is 8. The molecule has 0 spiro atoms. The van der Waals surface area contributed by atoms with E-state index in [1.165, 1.54) is 0 Å². The van der Waals surface area contributed by atoms with E-state index >= 15 is 0 Å². The van der Waals surface area contributed by atoms with Gasteiger partial charge in [-0.25, -0.2) is 0 Å². The van der Waals surface area contributed by atoms with Gasteiger partial charge in [0.25, 0.3) is 11.8 Å². The van der Waals surface area contributed by atoms with Gasteiger partial charge in [-0.1, -0.05) is 0 Å². The van der Waals surface area contributed by atoms with Crippen molar-refractivity contribution in [3.05, 3.63) is 12.2 Å². The van der Waals surface area contributed by atoms with Crippen molar-refractivity contribution in [2.75, 3.05) is 6.54 Å². The van der Waals surface area contributed by atoms with Crippen molar-refractivity contribution in [3.8, 4) is 0 Å². The summed E-state index contributed by atoms with van der Waals surface area (Å²) in [5.74, 6) is -3.58. The number of carboxylic acid groups (broad SMARTS) is 1. The zero-order valence-electron chi connectivity index (χ0n) is 11.1. The Balaban J connectivity index is 2.43. The fourth-order valence-electron chi connectivity index (χ4n) is 1.68. The maximum absolute atomic E-state index is 11.6. The second-order valence-electron chi connectivity index (χ2n) is 4.37. The summed E-state index contributed by atoms with van der Waals surface area (Å²) >= 11 is 0. The van der Waals surface area contributed by atoms with E-state index < -0.39 is 35.6 Å². The first-order valence-corrected chi connectivity index (χ1v) is 6.15. The van der Waals surface area contributed by atoms with Gasteiger partial charge >= 0.3 is 5.97 Å². The van der Waals surface area contributed by atoms with Crippen LogP contribution in [0.2, 0.25) is 0 Å². The molecule has 4 amide bonds. The summed E-state index contributed by atoms with van der Waals surface area (Å²) in [6.07, 6.45) is 1.55. The molecule has 0 aromatic heterocycles. The molecule has 0 radical (unpaired) electrons. The van der Waals surface area contributed by atoms with Crippen molar-refractivity contribution in [1.82, 2.24) is 10.2 Å². The monoisotopic (exact) mass is 297 g/mol. The molecule has 0 saturated carbocycles. The number of carbonyl (C=O) groups is 5. The van der Waals surface area contributed by atoms with Gasteiger partial charge in [-0.3, -0.25) is 28.9 Å². The molecule has 9 nitrogen and oxygen atoms in total. The summed E-state index contributed by atoms with van der Waals surface area (Å²) in [5, 5.41) is 10.8. The first-order chi connectivity index (χ1) is 9.81. The van der Waals surface area contributed by atoms with E-state index in [2.05, 4.69) is 5.32 Å². The van der Waals surface area contributed by atoms with Crippen LogP contribution in [0.25, 0.3) is 0 Å². The van der Waals surface area contributed by atoms with Crippen molar-refractivity contribution in [2.24, 2.45) is 5.73 Å². The largest absolute Gasteiger partial charge is 0.481 e. The van der Waals surface area contributed by atoms with Gasteiger partial charge in [-0.2, -0.15) is 0 Å². The third kappa shape index (κ3) is 5.05. The van der Waals surface area contributed by atoms with Crippen molar-refractivity contribution in [3.63, 3.8) is 0 Å². The molecule has 0 saturated heterocycles. The van der Waals surface area contributed by atoms with Crippen LogP contribution in [0.4, 0.5) is 0 Å². The number of nitrogens with one attached hydrogen (secondary N) is 1. The molecule has 1 heterocycles. The highest BCUT2D eigenvalue weighted by atomic mass is 16.4. The fraction of sp³-hybridized carbons (Fsp3) is 0.417. The molecule has 0 aliphatic carbocycles. The van der Waals surface area contributed by atoms with Gasteiger partial charge in [-0.15, -0.1) is 0 Å². The van der Waals surface area contributed by atoms with Crippen molar-refractivity contribution >= 4 is 29.6 Å². The minimum absolute atomic E-state index is 0.124. The summed E-state index contributed by atoms with van der Waals surface area (Å²) in [6.45, 7) is -0.124. The van der Waals surface area contributed by atoms with Crippen LogP contribution in [0, 0.1) is 0 Å². The Morgan fingerprint density at radius 1 is 1.19 bits per heavy atom. The molecule has 21 heavy (non-hydrogen) atoms. The molecule has 4 N–H and O–H groups in total. The van der Waals surface area contributed by atoms with Crippen LogP contribution >= 0.6 is 0 Å². The molecule has 1 aliphatic heterocycles. The van der Waals surface area contributed by atoms with E-state index in [-0.39, 0.29) is 25.8 Å². The topological polar surface area (TPSA) is 147 Å². The predicted octanol–water partition coefficient (Wildman–Crippen LogP) is -1.86. The van der Waals surface area contributed by atoms with Gasteiger partial charge < -0.3 is 16.2 Å². The Hall–Kier alpha value is -2.71. The number of aliphatic carboxylic acids is 1. The van der Waals surface area contributed by atoms with Crippen LogP contribution in [0.5, 0.6) is 0 Å². The number of primary amides is 1. The van der Waals surface area contributed by atoms with E-state index in [1.807, 2.05) is 0 Å². The van der Waals surface area contributed by atoms with Gasteiger partial charge in [0.1, 0.15) is 6.04 Å². The molecule has 9 heteroatoms. The molecule has 1 atom stereocenters. The summed E-state index contributed by atoms with van der Waals surface area (Å²) < 4.78 is 0. The molecule has 0 unspecified atom stereocenters. The number of carbonyl (C=O) groups excluding carboxylic acids is 4. The van der Waals surface area contributed by atoms with Crippen LogP contribution in [0.15, 0.2) is 12.2 Å². The number of hydrogen-bond acceptors (Lipinski definition) is 5. The average molecular weight is 297 g/mol. The smallest absolute Gasteiger partial charge is 0.303 e. The second kappa shape index (κ2) is 7.17. The average Bonchev–Trinajstić information content (AvgIpc) is 2.71. The minimum Gasteiger partial charge on any atom is -0.481 e. The number of amides is 4. The van der Waals surface area contributed by atoms with E-state index in [9.17, 15) is 24.0 Å². The molecular formula is C12H15N3O6. The number of hydrogen-bond donors (Lipinski definition) is 3. The maximum atomic E-state index is 11.6. The summed E-state index contributed by atoms with van der Waals surface area (Å²) in [7, 11) is 0. The number of nitrogens with zero attached hydrogens (tertiary/aromatic N) is 1. The molecular weight excluding hydrogens is 282 g/mol. The third-order valence-electron chi connectivity index (χ3n) is 2.79. The Morgan fingerprint density at radius 3 is 2.24 bits per heavy atom. The molecule has 0 fully saturated rings. The first-order valence-electron chi connectivity index (χ1n) is 6.15. The summed E-state index contributed by atoms with van der Waals surface area (Å²) in [6, 6.07) is -1.10. The highest BCUT2D eigenvalue weighted by Gasteiger charge is 2.25. The number of imide groups is 1. The van der Waals surface area contributed by atoms with Crippen LogP contribution in [0.1, 0.15) is 19.3 Å². The Kier molecular flexibility index (Phi) is 5.58. The lowest BCUT2D eigenvalue weighted by Gasteiger charge is -2.16. The number of nitrogens with two attached hydrogens (primary N) is 1. The molecule has 114 valence electrons. The second-order valence-corrected chi connectivity index (χ2v) is 4.37. The summed E-state index contributed by atoms with van der Waals surface area (Å²) in [5.41, 5.74) is 5.06. The zero-order valence-corrected chi connectivity index (χ0v) is 11.1. The van der Waals surface area contributed by atoms with E-state index in [1.54, 1.807) is 0 Å². The lowest BCUT2D eigenvalue weighted by Crippen LogP contribution is -2.45. The van der Waals surface area contributed by atoms with Crippen LogP contribution in [-0.4, -0.2) is 52.2 Å². The van der Waals surface area contributed by atoms with Crippen LogP contribution in [0.3, 0.4) is 0 Å². The van der Waals surface area contributed by atoms with Crippen LogP contribution < -0.4 is 11.1 Å². The number of carboxylic acids is 1. The highest BCUT2D eigenvalue weighted by Crippen LogP contribution is 2.04. The fourth-order valence-corrected chi connectivity index (χ4v) is 1.68. The van der Waals surface area contributed by atoms with E-state index in [0.717, 1.165) is 17.1 Å². The summed E-state index contributed by atoms with van der Waals surface area (Å²) in [4.78, 5) is 56.6. The van der Waals surface area contributed by atoms with Gasteiger partial charge in [0, 0.05) is 31.5 Å².